The van der Waals surface area contributed by atoms with Crippen LogP contribution in [0.5, 0.6) is 0 Å². The molecule has 4 N–H and O–H groups in total. The van der Waals surface area contributed by atoms with Crippen LogP contribution in [-0.4, -0.2) is 29.4 Å². The molecular formula is C60H119N3O2. The second kappa shape index (κ2) is 47.7. The molecular weight excluding hydrogens is 795 g/mol. The molecule has 0 aromatic carbocycles. The first-order chi connectivity index (χ1) is 31.6. The van der Waals surface area contributed by atoms with Crippen LogP contribution in [-0.2, 0) is 9.59 Å². The summed E-state index contributed by atoms with van der Waals surface area (Å²) in [6, 6.07) is 0.177. The molecule has 0 heterocycles. The van der Waals surface area contributed by atoms with Gasteiger partial charge in [0.2, 0.25) is 0 Å². The zero-order valence-electron chi connectivity index (χ0n) is 45.6. The van der Waals surface area contributed by atoms with Crippen molar-refractivity contribution >= 4 is 11.8 Å². The number of carbonyl (C=O) groups is 2. The van der Waals surface area contributed by atoms with Gasteiger partial charge < -0.3 is 16.4 Å². The number of carbonyl (C=O) groups excluding carboxylic acids is 2. The highest BCUT2D eigenvalue weighted by molar-refractivity contribution is 6.19. The summed E-state index contributed by atoms with van der Waals surface area (Å²) in [7, 11) is 0. The Morgan fingerprint density at radius 3 is 0.677 bits per heavy atom. The van der Waals surface area contributed by atoms with E-state index >= 15 is 0 Å². The number of nitrogens with one attached hydrogen (secondary N) is 2. The molecule has 2 unspecified atom stereocenters. The van der Waals surface area contributed by atoms with Crippen molar-refractivity contribution in [2.24, 2.45) is 5.73 Å². The first-order valence-electron chi connectivity index (χ1n) is 29.7. The Hall–Kier alpha value is -1.36. The zero-order chi connectivity index (χ0) is 47.9. The van der Waals surface area contributed by atoms with Crippen LogP contribution in [0.2, 0.25) is 0 Å². The van der Waals surface area contributed by atoms with E-state index in [9.17, 15) is 9.59 Å². The average molecular weight is 915 g/mol. The molecule has 2 amide bonds. The Labute approximate surface area is 408 Å². The number of amides is 2. The topological polar surface area (TPSA) is 84.2 Å². The summed E-state index contributed by atoms with van der Waals surface area (Å²) >= 11 is 0. The van der Waals surface area contributed by atoms with E-state index in [0.29, 0.717) is 5.57 Å². The van der Waals surface area contributed by atoms with Crippen molar-refractivity contribution in [2.75, 3.05) is 0 Å². The molecule has 2 atom stereocenters. The van der Waals surface area contributed by atoms with Gasteiger partial charge in [0.1, 0.15) is 5.57 Å². The lowest BCUT2D eigenvalue weighted by Gasteiger charge is -2.27. The van der Waals surface area contributed by atoms with Gasteiger partial charge in [-0.05, 0) is 52.0 Å². The lowest BCUT2D eigenvalue weighted by Crippen LogP contribution is -2.46. The van der Waals surface area contributed by atoms with Gasteiger partial charge in [0.25, 0.3) is 11.8 Å². The average Bonchev–Trinajstić information content (AvgIpc) is 3.28. The number of hydrogen-bond donors (Lipinski definition) is 3. The number of hydrogen-bond acceptors (Lipinski definition) is 3. The molecule has 0 bridgehead atoms. The summed E-state index contributed by atoms with van der Waals surface area (Å²) in [4.78, 5) is 28.9. The van der Waals surface area contributed by atoms with Gasteiger partial charge in [-0.3, -0.25) is 9.59 Å². The van der Waals surface area contributed by atoms with Crippen molar-refractivity contribution in [3.05, 3.63) is 11.1 Å². The SMILES string of the molecule is CCCCCCCCCCCCCC(CCCCCCCCCCCC)NC(=O)C(C(=O)NC(CCCCCCCCCCCC)CCCCCCCCCCCCC)=C(C)C(C)(C)N. The van der Waals surface area contributed by atoms with Gasteiger partial charge in [-0.25, -0.2) is 0 Å². The van der Waals surface area contributed by atoms with Crippen LogP contribution < -0.4 is 16.4 Å². The molecule has 0 aromatic rings. The third kappa shape index (κ3) is 41.3. The fraction of sp³-hybridized carbons (Fsp3) is 0.933. The molecule has 0 aliphatic rings. The fourth-order valence-electron chi connectivity index (χ4n) is 9.72. The molecule has 0 spiro atoms. The summed E-state index contributed by atoms with van der Waals surface area (Å²) in [6.45, 7) is 14.9. The molecule has 65 heavy (non-hydrogen) atoms. The Bertz CT molecular complexity index is 993. The second-order valence-electron chi connectivity index (χ2n) is 21.7. The molecule has 5 heteroatoms. The summed E-state index contributed by atoms with van der Waals surface area (Å²) in [5.41, 5.74) is 6.88. The van der Waals surface area contributed by atoms with Crippen LogP contribution in [0.25, 0.3) is 0 Å². The van der Waals surface area contributed by atoms with Gasteiger partial charge in [-0.15, -0.1) is 0 Å². The summed E-state index contributed by atoms with van der Waals surface area (Å²) < 4.78 is 0. The van der Waals surface area contributed by atoms with Crippen molar-refractivity contribution in [2.45, 2.75) is 361 Å². The number of nitrogens with two attached hydrogens (primary N) is 1. The highest BCUT2D eigenvalue weighted by atomic mass is 16.2. The van der Waals surface area contributed by atoms with Crippen LogP contribution in [0.3, 0.4) is 0 Å². The maximum atomic E-state index is 14.5. The first-order valence-corrected chi connectivity index (χ1v) is 29.7. The Kier molecular flexibility index (Phi) is 46.7. The Morgan fingerprint density at radius 2 is 0.508 bits per heavy atom. The van der Waals surface area contributed by atoms with Crippen molar-refractivity contribution in [3.8, 4) is 0 Å². The van der Waals surface area contributed by atoms with Crippen LogP contribution in [0.4, 0.5) is 0 Å². The Morgan fingerprint density at radius 1 is 0.338 bits per heavy atom. The predicted molar refractivity (Wildman–Crippen MR) is 290 cm³/mol. The molecule has 0 aliphatic heterocycles. The molecule has 0 saturated heterocycles. The lowest BCUT2D eigenvalue weighted by molar-refractivity contribution is -0.124. The maximum absolute atomic E-state index is 14.5. The minimum absolute atomic E-state index is 0.0883. The van der Waals surface area contributed by atoms with Crippen LogP contribution >= 0.6 is 0 Å². The first kappa shape index (κ1) is 63.6. The highest BCUT2D eigenvalue weighted by Gasteiger charge is 2.30. The molecule has 0 saturated carbocycles. The summed E-state index contributed by atoms with van der Waals surface area (Å²) in [5, 5.41) is 6.91. The fourth-order valence-corrected chi connectivity index (χ4v) is 9.72. The number of unbranched alkanes of at least 4 members (excludes halogenated alkanes) is 38. The molecule has 5 nitrogen and oxygen atoms in total. The van der Waals surface area contributed by atoms with Crippen LogP contribution in [0, 0.1) is 0 Å². The quantitative estimate of drug-likeness (QED) is 0.0246. The van der Waals surface area contributed by atoms with E-state index in [1.165, 1.54) is 244 Å². The lowest BCUT2D eigenvalue weighted by atomic mass is 9.90. The van der Waals surface area contributed by atoms with E-state index in [1.807, 2.05) is 20.8 Å². The normalized spacial score (nSPS) is 12.7. The molecule has 0 radical (unpaired) electrons. The minimum Gasteiger partial charge on any atom is -0.349 e. The zero-order valence-corrected chi connectivity index (χ0v) is 45.6. The summed E-state index contributed by atoms with van der Waals surface area (Å²) in [5.74, 6) is -0.433. The van der Waals surface area contributed by atoms with E-state index in [-0.39, 0.29) is 29.5 Å². The standard InChI is InChI=1S/C60H119N3O2/c1-8-12-16-20-24-28-32-36-40-44-48-52-55(50-46-42-38-34-30-26-22-18-14-10-3)62-58(64)57(54(5)60(6,7)61)59(65)63-56(51-47-43-39-35-31-27-23-19-15-11-4)53-49-45-41-37-33-29-25-21-17-13-9-2/h55-56H,8-53,61H2,1-7H3,(H,62,64)(H,63,65). The van der Waals surface area contributed by atoms with Gasteiger partial charge in [-0.2, -0.15) is 0 Å². The van der Waals surface area contributed by atoms with Gasteiger partial charge >= 0.3 is 0 Å². The minimum atomic E-state index is -0.770. The van der Waals surface area contributed by atoms with Gasteiger partial charge in [0.15, 0.2) is 0 Å². The molecule has 386 valence electrons. The number of rotatable bonds is 51. The highest BCUT2D eigenvalue weighted by Crippen LogP contribution is 2.22. The van der Waals surface area contributed by atoms with Crippen LogP contribution in [0.15, 0.2) is 11.1 Å². The second-order valence-corrected chi connectivity index (χ2v) is 21.7. The van der Waals surface area contributed by atoms with E-state index in [1.54, 1.807) is 0 Å². The van der Waals surface area contributed by atoms with E-state index in [4.69, 9.17) is 5.73 Å². The van der Waals surface area contributed by atoms with Crippen molar-refractivity contribution in [1.29, 1.82) is 0 Å². The molecule has 0 aromatic heterocycles. The molecule has 0 aliphatic carbocycles. The smallest absolute Gasteiger partial charge is 0.257 e. The van der Waals surface area contributed by atoms with Crippen LogP contribution in [0.1, 0.15) is 344 Å². The van der Waals surface area contributed by atoms with Gasteiger partial charge in [0, 0.05) is 17.6 Å². The van der Waals surface area contributed by atoms with E-state index in [0.717, 1.165) is 51.4 Å². The third-order valence-corrected chi connectivity index (χ3v) is 14.6. The third-order valence-electron chi connectivity index (χ3n) is 14.6. The van der Waals surface area contributed by atoms with E-state index < -0.39 is 5.54 Å². The molecule has 0 fully saturated rings. The van der Waals surface area contributed by atoms with Crippen molar-refractivity contribution < 1.29 is 9.59 Å². The van der Waals surface area contributed by atoms with Gasteiger partial charge in [0.05, 0.1) is 0 Å². The predicted octanol–water partition coefficient (Wildman–Crippen LogP) is 19.0. The summed E-state index contributed by atoms with van der Waals surface area (Å²) in [6.07, 6.45) is 59.2. The van der Waals surface area contributed by atoms with Crippen molar-refractivity contribution in [3.63, 3.8) is 0 Å². The largest absolute Gasteiger partial charge is 0.349 e. The molecule has 0 rings (SSSR count). The van der Waals surface area contributed by atoms with Gasteiger partial charge in [-0.1, -0.05) is 297 Å². The Balaban J connectivity index is 5.62. The monoisotopic (exact) mass is 914 g/mol. The maximum Gasteiger partial charge on any atom is 0.257 e. The van der Waals surface area contributed by atoms with Crippen molar-refractivity contribution in [1.82, 2.24) is 10.6 Å². The van der Waals surface area contributed by atoms with E-state index in [2.05, 4.69) is 38.3 Å².